The summed E-state index contributed by atoms with van der Waals surface area (Å²) in [6, 6.07) is 0. The van der Waals surface area contributed by atoms with E-state index in [0.29, 0.717) is 5.41 Å². The molecule has 0 saturated heterocycles. The Morgan fingerprint density at radius 3 is 1.89 bits per heavy atom. The van der Waals surface area contributed by atoms with Crippen LogP contribution in [0.1, 0.15) is 27.7 Å². The highest BCUT2D eigenvalue weighted by Gasteiger charge is 2.11. The van der Waals surface area contributed by atoms with Crippen molar-refractivity contribution in [2.24, 2.45) is 5.41 Å². The van der Waals surface area contributed by atoms with Crippen molar-refractivity contribution in [1.82, 2.24) is 4.81 Å². The van der Waals surface area contributed by atoms with Gasteiger partial charge in [-0.1, -0.05) is 27.7 Å². The normalized spacial score (nSPS) is 12.6. The minimum absolute atomic E-state index is 0.449. The summed E-state index contributed by atoms with van der Waals surface area (Å²) in [5.74, 6) is 0. The van der Waals surface area contributed by atoms with Crippen molar-refractivity contribution in [3.05, 3.63) is 0 Å². The smallest absolute Gasteiger partial charge is 0.185 e. The lowest BCUT2D eigenvalue weighted by Crippen LogP contribution is -2.30. The molecule has 0 aliphatic carbocycles. The van der Waals surface area contributed by atoms with Gasteiger partial charge in [-0.2, -0.15) is 0 Å². The monoisotopic (exact) mass is 127 g/mol. The van der Waals surface area contributed by atoms with Gasteiger partial charge < -0.3 is 4.81 Å². The van der Waals surface area contributed by atoms with Crippen LogP contribution in [-0.4, -0.2) is 25.9 Å². The third-order valence-electron chi connectivity index (χ3n) is 1.28. The zero-order chi connectivity index (χ0) is 7.49. The van der Waals surface area contributed by atoms with Gasteiger partial charge in [0.1, 0.15) is 0 Å². The molecule has 0 fully saturated rings. The van der Waals surface area contributed by atoms with Crippen LogP contribution in [0.2, 0.25) is 0 Å². The molecule has 0 aliphatic rings. The summed E-state index contributed by atoms with van der Waals surface area (Å²) in [5, 5.41) is 0. The molecule has 2 heteroatoms. The molecule has 0 aliphatic heterocycles. The highest BCUT2D eigenvalue weighted by atomic mass is 15.0. The molecule has 0 spiro atoms. The van der Waals surface area contributed by atoms with Gasteiger partial charge in [-0.25, -0.2) is 0 Å². The molecule has 0 unspecified atom stereocenters. The second kappa shape index (κ2) is 3.26. The van der Waals surface area contributed by atoms with Crippen molar-refractivity contribution in [2.75, 3.05) is 13.1 Å². The minimum Gasteiger partial charge on any atom is -0.348 e. The fourth-order valence-corrected chi connectivity index (χ4v) is 0.922. The summed E-state index contributed by atoms with van der Waals surface area (Å²) < 4.78 is 0. The number of rotatable bonds is 2. The molecular weight excluding hydrogens is 109 g/mol. The average Bonchev–Trinajstić information content (AvgIpc) is 1.62. The van der Waals surface area contributed by atoms with E-state index in [1.807, 2.05) is 0 Å². The number of hydrogen-bond donors (Lipinski definition) is 0. The van der Waals surface area contributed by atoms with E-state index in [4.69, 9.17) is 0 Å². The van der Waals surface area contributed by atoms with E-state index in [2.05, 4.69) is 40.5 Å². The minimum atomic E-state index is 0.449. The van der Waals surface area contributed by atoms with Crippen LogP contribution in [0.5, 0.6) is 0 Å². The van der Waals surface area contributed by atoms with Gasteiger partial charge in [0, 0.05) is 0 Å². The molecule has 0 aromatic carbocycles. The molecule has 1 nitrogen and oxygen atoms in total. The Kier molecular flexibility index (Phi) is 3.27. The Balaban J connectivity index is 3.47. The molecule has 0 aromatic heterocycles. The van der Waals surface area contributed by atoms with Gasteiger partial charge in [0.05, 0.1) is 0 Å². The first-order chi connectivity index (χ1) is 3.95. The van der Waals surface area contributed by atoms with Crippen LogP contribution in [0.3, 0.4) is 0 Å². The Bertz CT molecular complexity index is 75.5. The maximum absolute atomic E-state index is 2.33. The van der Waals surface area contributed by atoms with Crippen LogP contribution >= 0.6 is 0 Å². The van der Waals surface area contributed by atoms with E-state index in [0.717, 1.165) is 6.54 Å². The molecule has 54 valence electrons. The van der Waals surface area contributed by atoms with E-state index >= 15 is 0 Å². The standard InChI is InChI=1S/C7H18BN/c1-5-9(8)6-7(2,3)4/h5-6,8H2,1-4H3. The summed E-state index contributed by atoms with van der Waals surface area (Å²) in [5.41, 5.74) is 0.449. The fraction of sp³-hybridized carbons (Fsp3) is 1.00. The van der Waals surface area contributed by atoms with Crippen molar-refractivity contribution >= 4 is 7.98 Å². The molecule has 0 aromatic rings. The van der Waals surface area contributed by atoms with Crippen LogP contribution in [0.15, 0.2) is 0 Å². The molecule has 0 rings (SSSR count). The van der Waals surface area contributed by atoms with Gasteiger partial charge in [-0.05, 0) is 18.5 Å². The summed E-state index contributed by atoms with van der Waals surface area (Å²) in [6.07, 6.45) is 0. The lowest BCUT2D eigenvalue weighted by Gasteiger charge is -2.25. The van der Waals surface area contributed by atoms with Crippen LogP contribution in [-0.2, 0) is 0 Å². The zero-order valence-corrected chi connectivity index (χ0v) is 7.36. The number of nitrogens with zero attached hydrogens (tertiary/aromatic N) is 1. The van der Waals surface area contributed by atoms with Gasteiger partial charge in [0.15, 0.2) is 7.98 Å². The first-order valence-corrected chi connectivity index (χ1v) is 3.64. The van der Waals surface area contributed by atoms with E-state index in [9.17, 15) is 0 Å². The van der Waals surface area contributed by atoms with Crippen LogP contribution in [0.25, 0.3) is 0 Å². The third-order valence-corrected chi connectivity index (χ3v) is 1.28. The Morgan fingerprint density at radius 1 is 1.33 bits per heavy atom. The van der Waals surface area contributed by atoms with Gasteiger partial charge in [-0.15, -0.1) is 0 Å². The summed E-state index contributed by atoms with van der Waals surface area (Å²) in [7, 11) is 2.16. The highest BCUT2D eigenvalue weighted by molar-refractivity contribution is 6.04. The summed E-state index contributed by atoms with van der Waals surface area (Å²) in [6.45, 7) is 11.3. The highest BCUT2D eigenvalue weighted by Crippen LogP contribution is 2.13. The molecule has 0 amide bonds. The fourth-order valence-electron chi connectivity index (χ4n) is 0.922. The molecule has 0 N–H and O–H groups in total. The Morgan fingerprint density at radius 2 is 1.78 bits per heavy atom. The van der Waals surface area contributed by atoms with Crippen molar-refractivity contribution in [2.45, 2.75) is 27.7 Å². The molecule has 0 atom stereocenters. The average molecular weight is 127 g/mol. The van der Waals surface area contributed by atoms with Crippen LogP contribution in [0.4, 0.5) is 0 Å². The second-order valence-electron chi connectivity index (χ2n) is 3.89. The lowest BCUT2D eigenvalue weighted by molar-refractivity contribution is 0.299. The van der Waals surface area contributed by atoms with E-state index in [1.54, 1.807) is 0 Å². The van der Waals surface area contributed by atoms with Gasteiger partial charge in [0.25, 0.3) is 0 Å². The third kappa shape index (κ3) is 5.90. The van der Waals surface area contributed by atoms with Gasteiger partial charge in [-0.3, -0.25) is 0 Å². The SMILES string of the molecule is BN(CC)CC(C)(C)C. The first-order valence-electron chi connectivity index (χ1n) is 3.64. The van der Waals surface area contributed by atoms with Crippen molar-refractivity contribution in [3.8, 4) is 0 Å². The van der Waals surface area contributed by atoms with E-state index in [1.165, 1.54) is 6.54 Å². The zero-order valence-electron chi connectivity index (χ0n) is 7.36. The van der Waals surface area contributed by atoms with Crippen molar-refractivity contribution in [1.29, 1.82) is 0 Å². The topological polar surface area (TPSA) is 3.24 Å². The van der Waals surface area contributed by atoms with Crippen LogP contribution in [0, 0.1) is 5.41 Å². The second-order valence-corrected chi connectivity index (χ2v) is 3.89. The molecule has 0 radical (unpaired) electrons. The molecule has 9 heavy (non-hydrogen) atoms. The predicted molar refractivity (Wildman–Crippen MR) is 45.2 cm³/mol. The largest absolute Gasteiger partial charge is 0.348 e. The molecule has 0 saturated carbocycles. The van der Waals surface area contributed by atoms with Crippen molar-refractivity contribution < 1.29 is 0 Å². The quantitative estimate of drug-likeness (QED) is 0.498. The Hall–Kier alpha value is 0.0249. The van der Waals surface area contributed by atoms with E-state index < -0.39 is 0 Å². The van der Waals surface area contributed by atoms with Gasteiger partial charge in [0.2, 0.25) is 0 Å². The molecular formula is C7H18BN. The maximum atomic E-state index is 2.33. The van der Waals surface area contributed by atoms with Crippen molar-refractivity contribution in [3.63, 3.8) is 0 Å². The predicted octanol–water partition coefficient (Wildman–Crippen LogP) is 0.902. The maximum Gasteiger partial charge on any atom is 0.185 e. The van der Waals surface area contributed by atoms with Gasteiger partial charge >= 0.3 is 0 Å². The van der Waals surface area contributed by atoms with Crippen LogP contribution < -0.4 is 0 Å². The number of hydrogen-bond acceptors (Lipinski definition) is 1. The van der Waals surface area contributed by atoms with E-state index in [-0.39, 0.29) is 0 Å². The summed E-state index contributed by atoms with van der Waals surface area (Å²) >= 11 is 0. The lowest BCUT2D eigenvalue weighted by atomic mass is 9.95. The first kappa shape index (κ1) is 9.02. The molecule has 0 heterocycles. The summed E-state index contributed by atoms with van der Waals surface area (Å²) in [4.78, 5) is 2.33. The Labute approximate surface area is 59.9 Å². The molecule has 0 bridgehead atoms.